The largest absolute Gasteiger partial charge is 0.507 e. The fourth-order valence-corrected chi connectivity index (χ4v) is 2.98. The summed E-state index contributed by atoms with van der Waals surface area (Å²) >= 11 is 0. The van der Waals surface area contributed by atoms with E-state index < -0.39 is 11.3 Å². The summed E-state index contributed by atoms with van der Waals surface area (Å²) in [6, 6.07) is 3.51. The number of ketones is 1. The molecule has 1 aromatic carbocycles. The molecular weight excluding hydrogens is 316 g/mol. The van der Waals surface area contributed by atoms with Crippen LogP contribution in [0.2, 0.25) is 0 Å². The second-order valence-corrected chi connectivity index (χ2v) is 8.80. The zero-order valence-corrected chi connectivity index (χ0v) is 16.7. The van der Waals surface area contributed by atoms with E-state index >= 15 is 0 Å². The van der Waals surface area contributed by atoms with Crippen LogP contribution in [-0.4, -0.2) is 16.8 Å². The SMILES string of the molecule is CCC(=O)C(C)(C(=O)NN)c1cc(C(C)(C)C)c(O)c(C(C)(C)C)c1. The molecule has 0 saturated carbocycles. The summed E-state index contributed by atoms with van der Waals surface area (Å²) in [7, 11) is 0. The molecule has 4 N–H and O–H groups in total. The molecule has 0 fully saturated rings. The van der Waals surface area contributed by atoms with Gasteiger partial charge in [0.1, 0.15) is 11.2 Å². The Morgan fingerprint density at radius 3 is 1.68 bits per heavy atom. The van der Waals surface area contributed by atoms with Crippen molar-refractivity contribution in [3.05, 3.63) is 28.8 Å². The number of phenols is 1. The van der Waals surface area contributed by atoms with Crippen LogP contribution in [0.25, 0.3) is 0 Å². The summed E-state index contributed by atoms with van der Waals surface area (Å²) in [6.07, 6.45) is 0.209. The number of carbonyl (C=O) groups is 2. The Balaban J connectivity index is 3.91. The predicted molar refractivity (Wildman–Crippen MR) is 100 cm³/mol. The molecule has 0 radical (unpaired) electrons. The van der Waals surface area contributed by atoms with Gasteiger partial charge in [-0.05, 0) is 34.4 Å². The highest BCUT2D eigenvalue weighted by Gasteiger charge is 2.43. The molecule has 140 valence electrons. The molecule has 25 heavy (non-hydrogen) atoms. The summed E-state index contributed by atoms with van der Waals surface area (Å²) in [6.45, 7) is 15.2. The van der Waals surface area contributed by atoms with Gasteiger partial charge in [-0.1, -0.05) is 60.6 Å². The molecular formula is C20H32N2O3. The number of hydrazine groups is 1. The molecule has 5 heteroatoms. The molecule has 0 heterocycles. The minimum absolute atomic E-state index is 0.209. The molecule has 1 atom stereocenters. The van der Waals surface area contributed by atoms with E-state index in [4.69, 9.17) is 5.84 Å². The standard InChI is InChI=1S/C20H32N2O3/c1-9-15(23)20(8,17(25)22-21)12-10-13(18(2,3)4)16(24)14(11-12)19(5,6)7/h10-11,24H,9,21H2,1-8H3,(H,22,25). The number of nitrogens with one attached hydrogen (secondary N) is 1. The van der Waals surface area contributed by atoms with Crippen molar-refractivity contribution in [2.24, 2.45) is 5.84 Å². The van der Waals surface area contributed by atoms with Gasteiger partial charge in [-0.3, -0.25) is 15.0 Å². The number of hydrogen-bond acceptors (Lipinski definition) is 4. The lowest BCUT2D eigenvalue weighted by Gasteiger charge is -2.32. The molecule has 5 nitrogen and oxygen atoms in total. The van der Waals surface area contributed by atoms with E-state index in [0.29, 0.717) is 16.7 Å². The molecule has 0 bridgehead atoms. The van der Waals surface area contributed by atoms with Crippen molar-refractivity contribution >= 4 is 11.7 Å². The number of hydrogen-bond donors (Lipinski definition) is 3. The van der Waals surface area contributed by atoms with E-state index in [1.807, 2.05) is 41.5 Å². The molecule has 0 aliphatic carbocycles. The van der Waals surface area contributed by atoms with E-state index in [0.717, 1.165) is 0 Å². The smallest absolute Gasteiger partial charge is 0.251 e. The Kier molecular flexibility index (Phi) is 5.75. The lowest BCUT2D eigenvalue weighted by atomic mass is 9.71. The molecule has 1 rings (SSSR count). The zero-order chi connectivity index (χ0) is 19.8. The topological polar surface area (TPSA) is 92.4 Å². The highest BCUT2D eigenvalue weighted by Crippen LogP contribution is 2.42. The maximum atomic E-state index is 12.7. The van der Waals surface area contributed by atoms with Crippen LogP contribution < -0.4 is 11.3 Å². The number of amides is 1. The van der Waals surface area contributed by atoms with Gasteiger partial charge >= 0.3 is 0 Å². The van der Waals surface area contributed by atoms with E-state index in [9.17, 15) is 14.7 Å². The van der Waals surface area contributed by atoms with Crippen LogP contribution in [0.5, 0.6) is 5.75 Å². The van der Waals surface area contributed by atoms with E-state index in [2.05, 4.69) is 5.43 Å². The Morgan fingerprint density at radius 2 is 1.40 bits per heavy atom. The average molecular weight is 348 g/mol. The molecule has 0 saturated heterocycles. The van der Waals surface area contributed by atoms with Gasteiger partial charge in [0, 0.05) is 6.42 Å². The monoisotopic (exact) mass is 348 g/mol. The Morgan fingerprint density at radius 1 is 1.00 bits per heavy atom. The maximum Gasteiger partial charge on any atom is 0.251 e. The number of phenolic OH excluding ortho intramolecular Hbond substituents is 1. The zero-order valence-electron chi connectivity index (χ0n) is 16.7. The van der Waals surface area contributed by atoms with Gasteiger partial charge in [0.25, 0.3) is 5.91 Å². The van der Waals surface area contributed by atoms with E-state index in [1.165, 1.54) is 0 Å². The van der Waals surface area contributed by atoms with Gasteiger partial charge in [-0.2, -0.15) is 0 Å². The van der Waals surface area contributed by atoms with Crippen molar-refractivity contribution < 1.29 is 14.7 Å². The second-order valence-electron chi connectivity index (χ2n) is 8.80. The van der Waals surface area contributed by atoms with Crippen LogP contribution in [0.15, 0.2) is 12.1 Å². The van der Waals surface area contributed by atoms with Gasteiger partial charge in [-0.15, -0.1) is 0 Å². The molecule has 1 aromatic rings. The lowest BCUT2D eigenvalue weighted by Crippen LogP contribution is -2.50. The van der Waals surface area contributed by atoms with Gasteiger partial charge in [0.2, 0.25) is 0 Å². The van der Waals surface area contributed by atoms with Crippen LogP contribution in [0.1, 0.15) is 78.5 Å². The summed E-state index contributed by atoms with van der Waals surface area (Å²) in [5.74, 6) is 4.80. The third-order valence-corrected chi connectivity index (χ3v) is 4.77. The van der Waals surface area contributed by atoms with Gasteiger partial charge in [0.05, 0.1) is 0 Å². The normalized spacial score (nSPS) is 14.8. The van der Waals surface area contributed by atoms with Crippen molar-refractivity contribution in [2.45, 2.75) is 78.1 Å². The number of rotatable bonds is 4. The van der Waals surface area contributed by atoms with Crippen LogP contribution in [0.4, 0.5) is 0 Å². The van der Waals surface area contributed by atoms with Crippen LogP contribution in [-0.2, 0) is 25.8 Å². The number of aromatic hydroxyl groups is 1. The minimum atomic E-state index is -1.41. The van der Waals surface area contributed by atoms with Crippen molar-refractivity contribution in [3.8, 4) is 5.75 Å². The Hall–Kier alpha value is -1.88. The summed E-state index contributed by atoms with van der Waals surface area (Å²) in [5.41, 5.74) is 1.98. The molecule has 0 spiro atoms. The van der Waals surface area contributed by atoms with Crippen molar-refractivity contribution in [1.29, 1.82) is 0 Å². The number of nitrogens with two attached hydrogens (primary N) is 1. The van der Waals surface area contributed by atoms with Gasteiger partial charge in [-0.25, -0.2) is 5.84 Å². The molecule has 1 amide bonds. The fourth-order valence-electron chi connectivity index (χ4n) is 2.98. The molecule has 0 aliphatic heterocycles. The van der Waals surface area contributed by atoms with Gasteiger partial charge in [0.15, 0.2) is 5.78 Å². The fraction of sp³-hybridized carbons (Fsp3) is 0.600. The van der Waals surface area contributed by atoms with Crippen LogP contribution in [0, 0.1) is 0 Å². The quantitative estimate of drug-likeness (QED) is 0.337. The molecule has 0 aromatic heterocycles. The van der Waals surface area contributed by atoms with Crippen molar-refractivity contribution in [1.82, 2.24) is 5.43 Å². The minimum Gasteiger partial charge on any atom is -0.507 e. The first-order valence-corrected chi connectivity index (χ1v) is 8.64. The third-order valence-electron chi connectivity index (χ3n) is 4.77. The summed E-state index contributed by atoms with van der Waals surface area (Å²) in [5, 5.41) is 10.8. The first-order valence-electron chi connectivity index (χ1n) is 8.64. The Labute approximate surface area is 151 Å². The van der Waals surface area contributed by atoms with Crippen LogP contribution >= 0.6 is 0 Å². The van der Waals surface area contributed by atoms with Crippen LogP contribution in [0.3, 0.4) is 0 Å². The van der Waals surface area contributed by atoms with E-state index in [-0.39, 0.29) is 28.8 Å². The molecule has 1 unspecified atom stereocenters. The predicted octanol–water partition coefficient (Wildman–Crippen LogP) is 3.21. The third kappa shape index (κ3) is 3.87. The first kappa shape index (κ1) is 21.2. The van der Waals surface area contributed by atoms with Crippen molar-refractivity contribution in [2.75, 3.05) is 0 Å². The number of benzene rings is 1. The maximum absolute atomic E-state index is 12.7. The average Bonchev–Trinajstić information content (AvgIpc) is 2.50. The van der Waals surface area contributed by atoms with E-state index in [1.54, 1.807) is 26.0 Å². The number of carbonyl (C=O) groups excluding carboxylic acids is 2. The number of Topliss-reactive ketones (excluding diaryl/α,β-unsaturated/α-hetero) is 1. The highest BCUT2D eigenvalue weighted by atomic mass is 16.3. The second kappa shape index (κ2) is 6.79. The summed E-state index contributed by atoms with van der Waals surface area (Å²) < 4.78 is 0. The Bertz CT molecular complexity index is 628. The highest BCUT2D eigenvalue weighted by molar-refractivity contribution is 6.11. The summed E-state index contributed by atoms with van der Waals surface area (Å²) in [4.78, 5) is 25.2. The van der Waals surface area contributed by atoms with Crippen molar-refractivity contribution in [3.63, 3.8) is 0 Å². The van der Waals surface area contributed by atoms with Gasteiger partial charge < -0.3 is 5.11 Å². The first-order chi connectivity index (χ1) is 11.2. The molecule has 0 aliphatic rings. The lowest BCUT2D eigenvalue weighted by molar-refractivity contribution is -0.135.